The summed E-state index contributed by atoms with van der Waals surface area (Å²) in [6.07, 6.45) is 1.32. The van der Waals surface area contributed by atoms with E-state index in [1.54, 1.807) is 0 Å². The Morgan fingerprint density at radius 3 is 2.70 bits per heavy atom. The van der Waals surface area contributed by atoms with E-state index < -0.39 is 0 Å². The van der Waals surface area contributed by atoms with E-state index in [1.807, 2.05) is 0 Å². The van der Waals surface area contributed by atoms with Gasteiger partial charge in [0.05, 0.1) is 0 Å². The molecule has 0 aromatic carbocycles. The lowest BCUT2D eigenvalue weighted by Crippen LogP contribution is -2.22. The fraction of sp³-hybridized carbons (Fsp3) is 0. The average molecular weight is 163 g/mol. The van der Waals surface area contributed by atoms with Gasteiger partial charge >= 0.3 is 0 Å². The van der Waals surface area contributed by atoms with E-state index in [2.05, 4.69) is 20.2 Å². The standard InChI is InChI=1S/C3H6N6.ClH/c4-2(5)8-3-6-1-7-9-3;/h1H,(H5,4,5,6,7,8,9);1H. The third kappa shape index (κ3) is 2.31. The minimum atomic E-state index is -0.0354. The summed E-state index contributed by atoms with van der Waals surface area (Å²) in [5.74, 6) is 0.279. The summed E-state index contributed by atoms with van der Waals surface area (Å²) in [5.41, 5.74) is 10.0. The maximum absolute atomic E-state index is 5.02. The van der Waals surface area contributed by atoms with Crippen molar-refractivity contribution in [1.29, 1.82) is 0 Å². The van der Waals surface area contributed by atoms with Gasteiger partial charge in [-0.3, -0.25) is 0 Å². The lowest BCUT2D eigenvalue weighted by Gasteiger charge is -1.83. The van der Waals surface area contributed by atoms with E-state index >= 15 is 0 Å². The molecule has 56 valence electrons. The number of H-pyrrole nitrogens is 1. The summed E-state index contributed by atoms with van der Waals surface area (Å²) in [6, 6.07) is 0. The molecule has 0 atom stereocenters. The van der Waals surface area contributed by atoms with E-state index in [9.17, 15) is 0 Å². The molecule has 0 aliphatic rings. The molecule has 1 aromatic rings. The highest BCUT2D eigenvalue weighted by Gasteiger charge is 1.88. The molecule has 0 radical (unpaired) electrons. The van der Waals surface area contributed by atoms with Gasteiger partial charge in [-0.25, -0.2) is 5.10 Å². The Bertz CT molecular complexity index is 199. The van der Waals surface area contributed by atoms with Gasteiger partial charge in [0.1, 0.15) is 6.33 Å². The SMILES string of the molecule is Cl.NC(N)=Nc1ncn[nH]1. The summed E-state index contributed by atoms with van der Waals surface area (Å²) in [4.78, 5) is 7.20. The first-order chi connectivity index (χ1) is 4.29. The quantitative estimate of drug-likeness (QED) is 0.369. The lowest BCUT2D eigenvalue weighted by atomic mass is 11.0. The van der Waals surface area contributed by atoms with Gasteiger partial charge in [-0.15, -0.1) is 12.4 Å². The van der Waals surface area contributed by atoms with Crippen LogP contribution in [-0.4, -0.2) is 21.1 Å². The normalized spacial score (nSPS) is 8.00. The molecule has 1 aromatic heterocycles. The Labute approximate surface area is 63.1 Å². The van der Waals surface area contributed by atoms with Crippen molar-refractivity contribution in [3.05, 3.63) is 6.33 Å². The Balaban J connectivity index is 0.000000810. The summed E-state index contributed by atoms with van der Waals surface area (Å²) in [5, 5.41) is 5.98. The van der Waals surface area contributed by atoms with Crippen LogP contribution in [0.15, 0.2) is 11.3 Å². The van der Waals surface area contributed by atoms with E-state index in [0.717, 1.165) is 0 Å². The number of rotatable bonds is 1. The second kappa shape index (κ2) is 3.67. The van der Waals surface area contributed by atoms with Gasteiger partial charge in [0.15, 0.2) is 5.96 Å². The van der Waals surface area contributed by atoms with Gasteiger partial charge in [0.25, 0.3) is 0 Å². The minimum Gasteiger partial charge on any atom is -0.370 e. The van der Waals surface area contributed by atoms with Crippen molar-refractivity contribution in [3.63, 3.8) is 0 Å². The first-order valence-corrected chi connectivity index (χ1v) is 2.24. The number of nitrogens with two attached hydrogens (primary N) is 2. The molecule has 0 aliphatic carbocycles. The van der Waals surface area contributed by atoms with Crippen molar-refractivity contribution in [2.75, 3.05) is 0 Å². The fourth-order valence-corrected chi connectivity index (χ4v) is 0.375. The molecule has 0 amide bonds. The van der Waals surface area contributed by atoms with Crippen molar-refractivity contribution in [2.45, 2.75) is 0 Å². The summed E-state index contributed by atoms with van der Waals surface area (Å²) in [6.45, 7) is 0. The molecule has 0 bridgehead atoms. The third-order valence-corrected chi connectivity index (χ3v) is 0.637. The van der Waals surface area contributed by atoms with Crippen LogP contribution in [0.3, 0.4) is 0 Å². The lowest BCUT2D eigenvalue weighted by molar-refractivity contribution is 1.08. The third-order valence-electron chi connectivity index (χ3n) is 0.637. The first kappa shape index (κ1) is 8.70. The Kier molecular flexibility index (Phi) is 3.20. The molecule has 7 heteroatoms. The summed E-state index contributed by atoms with van der Waals surface area (Å²) in [7, 11) is 0. The molecule has 0 aliphatic heterocycles. The smallest absolute Gasteiger partial charge is 0.248 e. The van der Waals surface area contributed by atoms with E-state index in [0.29, 0.717) is 5.95 Å². The van der Waals surface area contributed by atoms with Crippen molar-refractivity contribution in [1.82, 2.24) is 15.2 Å². The summed E-state index contributed by atoms with van der Waals surface area (Å²) >= 11 is 0. The molecule has 0 spiro atoms. The van der Waals surface area contributed by atoms with Crippen LogP contribution >= 0.6 is 12.4 Å². The molecule has 1 heterocycles. The fourth-order valence-electron chi connectivity index (χ4n) is 0.375. The number of nitrogens with zero attached hydrogens (tertiary/aromatic N) is 3. The van der Waals surface area contributed by atoms with Crippen LogP contribution in [0.4, 0.5) is 5.95 Å². The maximum atomic E-state index is 5.02. The van der Waals surface area contributed by atoms with Crippen LogP contribution in [0.2, 0.25) is 0 Å². The van der Waals surface area contributed by atoms with Crippen molar-refractivity contribution in [2.24, 2.45) is 16.5 Å². The van der Waals surface area contributed by atoms with Gasteiger partial charge in [0.2, 0.25) is 5.95 Å². The Hall–Kier alpha value is -1.30. The van der Waals surface area contributed by atoms with Crippen molar-refractivity contribution >= 4 is 24.3 Å². The number of aromatic nitrogens is 3. The van der Waals surface area contributed by atoms with Crippen molar-refractivity contribution in [3.8, 4) is 0 Å². The molecule has 10 heavy (non-hydrogen) atoms. The minimum absolute atomic E-state index is 0. The second-order valence-corrected chi connectivity index (χ2v) is 1.35. The average Bonchev–Trinajstić information content (AvgIpc) is 2.15. The van der Waals surface area contributed by atoms with E-state index in [-0.39, 0.29) is 18.4 Å². The number of hydrogen-bond donors (Lipinski definition) is 3. The molecule has 0 unspecified atom stereocenters. The molecule has 0 fully saturated rings. The van der Waals surface area contributed by atoms with Crippen molar-refractivity contribution < 1.29 is 0 Å². The molecule has 6 nitrogen and oxygen atoms in total. The number of aliphatic imine (C=N–C) groups is 1. The molecule has 5 N–H and O–H groups in total. The van der Waals surface area contributed by atoms with E-state index in [1.165, 1.54) is 6.33 Å². The molecule has 0 saturated heterocycles. The zero-order valence-electron chi connectivity index (χ0n) is 4.98. The monoisotopic (exact) mass is 162 g/mol. The van der Waals surface area contributed by atoms with Gasteiger partial charge < -0.3 is 11.5 Å². The van der Waals surface area contributed by atoms with Gasteiger partial charge in [0, 0.05) is 0 Å². The largest absolute Gasteiger partial charge is 0.370 e. The number of aromatic amines is 1. The zero-order valence-corrected chi connectivity index (χ0v) is 5.80. The van der Waals surface area contributed by atoms with Gasteiger partial charge in [-0.2, -0.15) is 15.1 Å². The molecular formula is C3H7ClN6. The van der Waals surface area contributed by atoms with Gasteiger partial charge in [-0.05, 0) is 0 Å². The molecular weight excluding hydrogens is 156 g/mol. The molecule has 0 saturated carbocycles. The number of guanidine groups is 1. The first-order valence-electron chi connectivity index (χ1n) is 2.24. The van der Waals surface area contributed by atoms with Crippen LogP contribution in [0, 0.1) is 0 Å². The number of hydrogen-bond acceptors (Lipinski definition) is 3. The number of halogens is 1. The zero-order chi connectivity index (χ0) is 6.69. The highest BCUT2D eigenvalue weighted by Crippen LogP contribution is 1.95. The topological polar surface area (TPSA) is 106 Å². The predicted octanol–water partition coefficient (Wildman–Crippen LogP) is -0.869. The highest BCUT2D eigenvalue weighted by molar-refractivity contribution is 5.85. The van der Waals surface area contributed by atoms with Crippen LogP contribution in [0.25, 0.3) is 0 Å². The highest BCUT2D eigenvalue weighted by atomic mass is 35.5. The maximum Gasteiger partial charge on any atom is 0.248 e. The van der Waals surface area contributed by atoms with Gasteiger partial charge in [-0.1, -0.05) is 0 Å². The predicted molar refractivity (Wildman–Crippen MR) is 39.1 cm³/mol. The summed E-state index contributed by atoms with van der Waals surface area (Å²) < 4.78 is 0. The Morgan fingerprint density at radius 1 is 1.60 bits per heavy atom. The Morgan fingerprint density at radius 2 is 2.30 bits per heavy atom. The van der Waals surface area contributed by atoms with E-state index in [4.69, 9.17) is 11.5 Å². The number of nitrogens with one attached hydrogen (secondary N) is 1. The van der Waals surface area contributed by atoms with Crippen LogP contribution in [0.5, 0.6) is 0 Å². The van der Waals surface area contributed by atoms with Crippen LogP contribution in [0.1, 0.15) is 0 Å². The van der Waals surface area contributed by atoms with Crippen LogP contribution in [-0.2, 0) is 0 Å². The second-order valence-electron chi connectivity index (χ2n) is 1.35. The van der Waals surface area contributed by atoms with Crippen LogP contribution < -0.4 is 11.5 Å². The molecule has 1 rings (SSSR count).